The van der Waals surface area contributed by atoms with Crippen LogP contribution in [-0.2, 0) is 0 Å². The second kappa shape index (κ2) is 9.64. The van der Waals surface area contributed by atoms with E-state index in [9.17, 15) is 14.5 Å². The van der Waals surface area contributed by atoms with Gasteiger partial charge in [0.1, 0.15) is 12.5 Å². The van der Waals surface area contributed by atoms with Crippen LogP contribution < -0.4 is 15.1 Å². The van der Waals surface area contributed by atoms with Crippen molar-refractivity contribution in [1.29, 1.82) is 0 Å². The molecule has 8 nitrogen and oxygen atoms in total. The number of hydrogen-bond donors (Lipinski definition) is 1. The van der Waals surface area contributed by atoms with E-state index in [4.69, 9.17) is 0 Å². The lowest BCUT2D eigenvalue weighted by atomic mass is 10.2. The Balaban J connectivity index is 1.87. The molecule has 0 aliphatic rings. The summed E-state index contributed by atoms with van der Waals surface area (Å²) in [6.45, 7) is 2.53. The highest BCUT2D eigenvalue weighted by atomic mass is 19.1. The zero-order chi connectivity index (χ0) is 21.5. The molecule has 0 bridgehead atoms. The Morgan fingerprint density at radius 3 is 2.50 bits per heavy atom. The fourth-order valence-electron chi connectivity index (χ4n) is 3.02. The summed E-state index contributed by atoms with van der Waals surface area (Å²) in [5, 5.41) is 14.5. The molecule has 0 saturated heterocycles. The third kappa shape index (κ3) is 4.80. The summed E-state index contributed by atoms with van der Waals surface area (Å²) in [6, 6.07) is 14.0. The van der Waals surface area contributed by atoms with Crippen molar-refractivity contribution in [3.05, 3.63) is 71.0 Å². The third-order valence-corrected chi connectivity index (χ3v) is 4.66. The van der Waals surface area contributed by atoms with E-state index < -0.39 is 11.6 Å². The minimum atomic E-state index is -0.475. The summed E-state index contributed by atoms with van der Waals surface area (Å²) < 4.78 is 12.7. The molecule has 2 heterocycles. The Hall–Kier alpha value is -3.75. The number of benzene rings is 1. The molecular weight excluding hydrogens is 387 g/mol. The fraction of sp³-hybridized carbons (Fsp3) is 0.238. The van der Waals surface area contributed by atoms with Crippen LogP contribution in [0.4, 0.5) is 38.8 Å². The predicted molar refractivity (Wildman–Crippen MR) is 117 cm³/mol. The summed E-state index contributed by atoms with van der Waals surface area (Å²) in [7, 11) is 1.81. The largest absolute Gasteiger partial charge is 0.369 e. The van der Waals surface area contributed by atoms with E-state index in [2.05, 4.69) is 15.3 Å². The van der Waals surface area contributed by atoms with Crippen LogP contribution in [0.15, 0.2) is 60.9 Å². The molecule has 1 aromatic carbocycles. The number of aromatic nitrogens is 2. The van der Waals surface area contributed by atoms with Crippen molar-refractivity contribution in [2.45, 2.75) is 6.92 Å². The zero-order valence-corrected chi connectivity index (χ0v) is 16.8. The van der Waals surface area contributed by atoms with Crippen molar-refractivity contribution in [2.75, 3.05) is 41.9 Å². The molecule has 0 spiro atoms. The van der Waals surface area contributed by atoms with Crippen LogP contribution in [-0.4, -0.2) is 41.7 Å². The molecular formula is C21H23FN6O2. The molecule has 2 aromatic heterocycles. The van der Waals surface area contributed by atoms with Crippen LogP contribution in [0.25, 0.3) is 0 Å². The summed E-state index contributed by atoms with van der Waals surface area (Å²) >= 11 is 0. The molecule has 0 aliphatic heterocycles. The van der Waals surface area contributed by atoms with Crippen molar-refractivity contribution in [2.24, 2.45) is 0 Å². The van der Waals surface area contributed by atoms with E-state index in [1.54, 1.807) is 41.6 Å². The summed E-state index contributed by atoms with van der Waals surface area (Å²) in [5.74, 6) is 0.671. The van der Waals surface area contributed by atoms with Gasteiger partial charge < -0.3 is 15.1 Å². The van der Waals surface area contributed by atoms with E-state index in [1.807, 2.05) is 37.1 Å². The monoisotopic (exact) mass is 410 g/mol. The van der Waals surface area contributed by atoms with Crippen molar-refractivity contribution in [1.82, 2.24) is 9.97 Å². The van der Waals surface area contributed by atoms with Gasteiger partial charge in [-0.25, -0.2) is 9.37 Å². The fourth-order valence-corrected chi connectivity index (χ4v) is 3.02. The molecule has 0 saturated carbocycles. The van der Waals surface area contributed by atoms with Gasteiger partial charge in [-0.2, -0.15) is 0 Å². The predicted octanol–water partition coefficient (Wildman–Crippen LogP) is 4.69. The lowest BCUT2D eigenvalue weighted by Gasteiger charge is -2.22. The Morgan fingerprint density at radius 1 is 1.13 bits per heavy atom. The number of halogens is 1. The number of nitrogens with zero attached hydrogens (tertiary/aromatic N) is 5. The minimum Gasteiger partial charge on any atom is -0.369 e. The molecule has 3 rings (SSSR count). The van der Waals surface area contributed by atoms with E-state index in [0.717, 1.165) is 11.4 Å². The Labute approximate surface area is 174 Å². The lowest BCUT2D eigenvalue weighted by Crippen LogP contribution is -2.24. The molecule has 3 aromatic rings. The number of nitrogens with one attached hydrogen (secondary N) is 1. The van der Waals surface area contributed by atoms with E-state index in [0.29, 0.717) is 24.6 Å². The second-order valence-electron chi connectivity index (χ2n) is 6.51. The van der Waals surface area contributed by atoms with E-state index in [-0.39, 0.29) is 11.5 Å². The molecule has 0 amide bonds. The molecule has 9 heteroatoms. The van der Waals surface area contributed by atoms with E-state index in [1.165, 1.54) is 6.07 Å². The number of rotatable bonds is 9. The van der Waals surface area contributed by atoms with Crippen LogP contribution in [0.3, 0.4) is 0 Å². The highest BCUT2D eigenvalue weighted by Gasteiger charge is 2.18. The van der Waals surface area contributed by atoms with Crippen molar-refractivity contribution in [3.8, 4) is 0 Å². The van der Waals surface area contributed by atoms with Gasteiger partial charge in [-0.05, 0) is 49.4 Å². The van der Waals surface area contributed by atoms with Gasteiger partial charge in [0.25, 0.3) is 0 Å². The molecule has 0 atom stereocenters. The Kier molecular flexibility index (Phi) is 6.74. The molecule has 0 fully saturated rings. The number of pyridine rings is 2. The maximum Gasteiger partial charge on any atom is 0.311 e. The van der Waals surface area contributed by atoms with Crippen molar-refractivity contribution < 1.29 is 9.31 Å². The highest BCUT2D eigenvalue weighted by molar-refractivity contribution is 5.71. The number of anilines is 5. The third-order valence-electron chi connectivity index (χ3n) is 4.66. The van der Waals surface area contributed by atoms with Gasteiger partial charge in [-0.1, -0.05) is 0 Å². The second-order valence-corrected chi connectivity index (χ2v) is 6.51. The lowest BCUT2D eigenvalue weighted by molar-refractivity contribution is -0.384. The maximum absolute atomic E-state index is 12.7. The van der Waals surface area contributed by atoms with Crippen molar-refractivity contribution in [3.63, 3.8) is 0 Å². The first kappa shape index (κ1) is 21.0. The Morgan fingerprint density at radius 2 is 1.90 bits per heavy atom. The zero-order valence-electron chi connectivity index (χ0n) is 16.8. The molecule has 156 valence electrons. The highest BCUT2D eigenvalue weighted by Crippen LogP contribution is 2.31. The quantitative estimate of drug-likeness (QED) is 0.404. The summed E-state index contributed by atoms with van der Waals surface area (Å²) in [4.78, 5) is 23.2. The standard InChI is InChI=1S/C21H23FN6O2/c1-3-27(14-12-22)17-8-6-16(7-9-17)24-21-19(28(29)30)10-11-20(25-21)26(2)18-5-4-13-23-15-18/h4-11,13,15H,3,12,14H2,1-2H3,(H,24,25). The molecule has 30 heavy (non-hydrogen) atoms. The number of nitro groups is 1. The average molecular weight is 410 g/mol. The number of hydrogen-bond acceptors (Lipinski definition) is 7. The summed E-state index contributed by atoms with van der Waals surface area (Å²) in [5.41, 5.74) is 2.21. The molecule has 0 aliphatic carbocycles. The van der Waals surface area contributed by atoms with E-state index >= 15 is 0 Å². The van der Waals surface area contributed by atoms with Gasteiger partial charge in [-0.3, -0.25) is 15.1 Å². The minimum absolute atomic E-state index is 0.130. The van der Waals surface area contributed by atoms with Gasteiger partial charge in [0.05, 0.1) is 16.8 Å². The molecule has 0 unspecified atom stereocenters. The van der Waals surface area contributed by atoms with Crippen LogP contribution in [0.5, 0.6) is 0 Å². The van der Waals surface area contributed by atoms with Gasteiger partial charge >= 0.3 is 5.69 Å². The number of alkyl halides is 1. The summed E-state index contributed by atoms with van der Waals surface area (Å²) in [6.07, 6.45) is 3.36. The average Bonchev–Trinajstić information content (AvgIpc) is 2.78. The van der Waals surface area contributed by atoms with Crippen LogP contribution in [0, 0.1) is 10.1 Å². The van der Waals surface area contributed by atoms with Crippen LogP contribution in [0.2, 0.25) is 0 Å². The smallest absolute Gasteiger partial charge is 0.311 e. The topological polar surface area (TPSA) is 87.4 Å². The SMILES string of the molecule is CCN(CCF)c1ccc(Nc2nc(N(C)c3cccnc3)ccc2[N+](=O)[O-])cc1. The van der Waals surface area contributed by atoms with Crippen LogP contribution in [0.1, 0.15) is 6.92 Å². The van der Waals surface area contributed by atoms with Gasteiger partial charge in [0.2, 0.25) is 5.82 Å². The van der Waals surface area contributed by atoms with Crippen LogP contribution >= 0.6 is 0 Å². The van der Waals surface area contributed by atoms with Gasteiger partial charge in [0.15, 0.2) is 0 Å². The van der Waals surface area contributed by atoms with Crippen molar-refractivity contribution >= 4 is 34.4 Å². The maximum atomic E-state index is 12.7. The normalized spacial score (nSPS) is 10.5. The first-order valence-corrected chi connectivity index (χ1v) is 9.50. The van der Waals surface area contributed by atoms with Gasteiger partial charge in [0, 0.05) is 43.8 Å². The molecule has 1 N–H and O–H groups in total. The first-order valence-electron chi connectivity index (χ1n) is 9.50. The van der Waals surface area contributed by atoms with Gasteiger partial charge in [-0.15, -0.1) is 0 Å². The Bertz CT molecular complexity index is 985. The molecule has 0 radical (unpaired) electrons. The first-order chi connectivity index (χ1) is 14.5.